The molecule has 0 aromatic heterocycles. The third-order valence-electron chi connectivity index (χ3n) is 4.64. The maximum atomic E-state index is 12.3. The summed E-state index contributed by atoms with van der Waals surface area (Å²) in [5.41, 5.74) is 5.68. The quantitative estimate of drug-likeness (QED) is 0.807. The van der Waals surface area contributed by atoms with E-state index in [1.165, 1.54) is 24.2 Å². The number of nitrogens with zero attached hydrogens (tertiary/aromatic N) is 2. The van der Waals surface area contributed by atoms with Crippen LogP contribution in [0.15, 0.2) is 0 Å². The zero-order valence-corrected chi connectivity index (χ0v) is 14.0. The van der Waals surface area contributed by atoms with Gasteiger partial charge in [-0.25, -0.2) is 0 Å². The van der Waals surface area contributed by atoms with Crippen molar-refractivity contribution < 1.29 is 9.59 Å². The van der Waals surface area contributed by atoms with E-state index in [0.29, 0.717) is 12.6 Å². The van der Waals surface area contributed by atoms with Gasteiger partial charge in [0.15, 0.2) is 0 Å². The highest BCUT2D eigenvalue weighted by Crippen LogP contribution is 2.21. The lowest BCUT2D eigenvalue weighted by molar-refractivity contribution is -0.143. The van der Waals surface area contributed by atoms with Gasteiger partial charge in [-0.05, 0) is 18.8 Å². The molecule has 1 aliphatic rings. The first-order chi connectivity index (χ1) is 9.88. The summed E-state index contributed by atoms with van der Waals surface area (Å²) in [4.78, 5) is 28.0. The molecule has 0 aromatic rings. The molecule has 1 atom stereocenters. The lowest BCUT2D eigenvalue weighted by atomic mass is 9.94. The Kier molecular flexibility index (Phi) is 7.15. The van der Waals surface area contributed by atoms with Crippen molar-refractivity contribution in [2.75, 3.05) is 27.2 Å². The molecular weight excluding hydrogens is 266 g/mol. The van der Waals surface area contributed by atoms with E-state index in [0.717, 1.165) is 12.8 Å². The highest BCUT2D eigenvalue weighted by atomic mass is 16.2. The molecule has 0 saturated heterocycles. The zero-order valence-electron chi connectivity index (χ0n) is 14.0. The minimum Gasteiger partial charge on any atom is -0.341 e. The number of likely N-dealkylation sites (N-methyl/N-ethyl adjacent to an activating group) is 2. The Morgan fingerprint density at radius 1 is 1.14 bits per heavy atom. The first-order valence-corrected chi connectivity index (χ1v) is 8.09. The van der Waals surface area contributed by atoms with Gasteiger partial charge in [0.25, 0.3) is 0 Å². The molecule has 1 aliphatic carbocycles. The van der Waals surface area contributed by atoms with Crippen molar-refractivity contribution in [2.24, 2.45) is 17.6 Å². The average Bonchev–Trinajstić information content (AvgIpc) is 2.47. The molecule has 5 nitrogen and oxygen atoms in total. The van der Waals surface area contributed by atoms with Crippen molar-refractivity contribution in [3.63, 3.8) is 0 Å². The van der Waals surface area contributed by atoms with Crippen LogP contribution in [0.5, 0.6) is 0 Å². The lowest BCUT2D eigenvalue weighted by Gasteiger charge is -2.33. The third kappa shape index (κ3) is 4.99. The van der Waals surface area contributed by atoms with Crippen LogP contribution in [0, 0.1) is 11.8 Å². The van der Waals surface area contributed by atoms with Crippen molar-refractivity contribution in [3.8, 4) is 0 Å². The van der Waals surface area contributed by atoms with Crippen molar-refractivity contribution >= 4 is 11.8 Å². The number of amides is 2. The fourth-order valence-electron chi connectivity index (χ4n) is 3.01. The van der Waals surface area contributed by atoms with Gasteiger partial charge in [-0.3, -0.25) is 9.59 Å². The fraction of sp³-hybridized carbons (Fsp3) is 0.875. The van der Waals surface area contributed by atoms with Gasteiger partial charge in [0.05, 0.1) is 12.5 Å². The predicted octanol–water partition coefficient (Wildman–Crippen LogP) is 1.47. The average molecular weight is 297 g/mol. The molecular formula is C16H31N3O2. The zero-order chi connectivity index (χ0) is 16.0. The SMILES string of the molecule is CC(C)C(CN)C(=O)N(C)CC(=O)N(C)C1CCCCC1. The molecule has 0 aliphatic heterocycles. The molecule has 0 heterocycles. The van der Waals surface area contributed by atoms with Gasteiger partial charge in [0.1, 0.15) is 0 Å². The first-order valence-electron chi connectivity index (χ1n) is 8.09. The summed E-state index contributed by atoms with van der Waals surface area (Å²) in [6, 6.07) is 0.338. The largest absolute Gasteiger partial charge is 0.341 e. The number of hydrogen-bond acceptors (Lipinski definition) is 3. The van der Waals surface area contributed by atoms with E-state index in [-0.39, 0.29) is 30.2 Å². The lowest BCUT2D eigenvalue weighted by Crippen LogP contribution is -2.47. The topological polar surface area (TPSA) is 66.6 Å². The van der Waals surface area contributed by atoms with Crippen LogP contribution < -0.4 is 5.73 Å². The minimum atomic E-state index is -0.206. The molecule has 1 rings (SSSR count). The van der Waals surface area contributed by atoms with Crippen LogP contribution in [0.4, 0.5) is 0 Å². The van der Waals surface area contributed by atoms with Crippen LogP contribution in [0.3, 0.4) is 0 Å². The molecule has 122 valence electrons. The maximum Gasteiger partial charge on any atom is 0.242 e. The molecule has 2 N–H and O–H groups in total. The summed E-state index contributed by atoms with van der Waals surface area (Å²) >= 11 is 0. The molecule has 5 heteroatoms. The molecule has 2 amide bonds. The molecule has 0 aromatic carbocycles. The predicted molar refractivity (Wildman–Crippen MR) is 84.7 cm³/mol. The smallest absolute Gasteiger partial charge is 0.242 e. The number of nitrogens with two attached hydrogens (primary N) is 1. The molecule has 0 bridgehead atoms. The van der Waals surface area contributed by atoms with E-state index in [1.54, 1.807) is 7.05 Å². The van der Waals surface area contributed by atoms with E-state index in [1.807, 2.05) is 25.8 Å². The summed E-state index contributed by atoms with van der Waals surface area (Å²) in [6.45, 7) is 4.45. The van der Waals surface area contributed by atoms with Crippen LogP contribution in [0.25, 0.3) is 0 Å². The third-order valence-corrected chi connectivity index (χ3v) is 4.64. The van der Waals surface area contributed by atoms with Gasteiger partial charge in [0.2, 0.25) is 11.8 Å². The summed E-state index contributed by atoms with van der Waals surface area (Å²) in [6.07, 6.45) is 5.82. The van der Waals surface area contributed by atoms with Crippen LogP contribution in [-0.2, 0) is 9.59 Å². The van der Waals surface area contributed by atoms with Gasteiger partial charge in [-0.2, -0.15) is 0 Å². The highest BCUT2D eigenvalue weighted by Gasteiger charge is 2.27. The second-order valence-electron chi connectivity index (χ2n) is 6.58. The van der Waals surface area contributed by atoms with Gasteiger partial charge >= 0.3 is 0 Å². The standard InChI is InChI=1S/C16H31N3O2/c1-12(2)14(10-17)16(21)18(3)11-15(20)19(4)13-8-6-5-7-9-13/h12-14H,5-11,17H2,1-4H3. The monoisotopic (exact) mass is 297 g/mol. The van der Waals surface area contributed by atoms with Crippen molar-refractivity contribution in [2.45, 2.75) is 52.0 Å². The maximum absolute atomic E-state index is 12.3. The van der Waals surface area contributed by atoms with Crippen LogP contribution in [0.1, 0.15) is 46.0 Å². The van der Waals surface area contributed by atoms with E-state index in [4.69, 9.17) is 5.73 Å². The summed E-state index contributed by atoms with van der Waals surface area (Å²) in [5, 5.41) is 0. The summed E-state index contributed by atoms with van der Waals surface area (Å²) in [7, 11) is 3.56. The van der Waals surface area contributed by atoms with Crippen molar-refractivity contribution in [3.05, 3.63) is 0 Å². The summed E-state index contributed by atoms with van der Waals surface area (Å²) < 4.78 is 0. The number of carbonyl (C=O) groups excluding carboxylic acids is 2. The van der Waals surface area contributed by atoms with E-state index in [9.17, 15) is 9.59 Å². The van der Waals surface area contributed by atoms with Gasteiger partial charge < -0.3 is 15.5 Å². The molecule has 0 spiro atoms. The Morgan fingerprint density at radius 3 is 2.19 bits per heavy atom. The first kappa shape index (κ1) is 18.0. The Balaban J connectivity index is 2.54. The molecule has 0 radical (unpaired) electrons. The minimum absolute atomic E-state index is 0.0253. The number of hydrogen-bond donors (Lipinski definition) is 1. The van der Waals surface area contributed by atoms with Crippen molar-refractivity contribution in [1.82, 2.24) is 9.80 Å². The van der Waals surface area contributed by atoms with Crippen LogP contribution in [0.2, 0.25) is 0 Å². The molecule has 1 fully saturated rings. The molecule has 1 unspecified atom stereocenters. The Labute approximate surface area is 128 Å². The molecule has 21 heavy (non-hydrogen) atoms. The van der Waals surface area contributed by atoms with Gasteiger partial charge in [-0.1, -0.05) is 33.1 Å². The van der Waals surface area contributed by atoms with Crippen LogP contribution >= 0.6 is 0 Å². The Bertz CT molecular complexity index is 351. The number of carbonyl (C=O) groups is 2. The van der Waals surface area contributed by atoms with Crippen LogP contribution in [-0.4, -0.2) is 54.8 Å². The van der Waals surface area contributed by atoms with Gasteiger partial charge in [-0.15, -0.1) is 0 Å². The Hall–Kier alpha value is -1.10. The van der Waals surface area contributed by atoms with Gasteiger partial charge in [0, 0.05) is 26.7 Å². The normalized spacial score (nSPS) is 17.6. The second kappa shape index (κ2) is 8.37. The van der Waals surface area contributed by atoms with E-state index in [2.05, 4.69) is 0 Å². The fourth-order valence-corrected chi connectivity index (χ4v) is 3.01. The summed E-state index contributed by atoms with van der Waals surface area (Å²) in [5.74, 6) is -0.0194. The number of rotatable bonds is 6. The van der Waals surface area contributed by atoms with E-state index >= 15 is 0 Å². The second-order valence-corrected chi connectivity index (χ2v) is 6.58. The highest BCUT2D eigenvalue weighted by molar-refractivity contribution is 5.86. The van der Waals surface area contributed by atoms with Crippen molar-refractivity contribution in [1.29, 1.82) is 0 Å². The van der Waals surface area contributed by atoms with E-state index < -0.39 is 0 Å². The molecule has 1 saturated carbocycles. The Morgan fingerprint density at radius 2 is 1.71 bits per heavy atom.